The van der Waals surface area contributed by atoms with Gasteiger partial charge in [0.2, 0.25) is 0 Å². The number of aromatic amines is 1. The summed E-state index contributed by atoms with van der Waals surface area (Å²) in [4.78, 5) is 38.7. The molecule has 0 bridgehead atoms. The maximum absolute atomic E-state index is 12.5. The highest BCUT2D eigenvalue weighted by molar-refractivity contribution is 7.18. The van der Waals surface area contributed by atoms with Gasteiger partial charge in [-0.15, -0.1) is 11.3 Å². The molecule has 0 aliphatic rings. The Bertz CT molecular complexity index is 1240. The first-order chi connectivity index (χ1) is 12.5. The van der Waals surface area contributed by atoms with Crippen LogP contribution in [-0.2, 0) is 0 Å². The molecule has 26 heavy (non-hydrogen) atoms. The first-order valence-electron chi connectivity index (χ1n) is 7.71. The average Bonchev–Trinajstić information content (AvgIpc) is 3.12. The van der Waals surface area contributed by atoms with Gasteiger partial charge >= 0.3 is 5.97 Å². The van der Waals surface area contributed by atoms with Crippen molar-refractivity contribution in [2.45, 2.75) is 0 Å². The molecule has 0 radical (unpaired) electrons. The average molecular weight is 364 g/mol. The number of nitrogens with one attached hydrogen (secondary N) is 2. The van der Waals surface area contributed by atoms with Crippen LogP contribution in [0.5, 0.6) is 0 Å². The van der Waals surface area contributed by atoms with Crippen molar-refractivity contribution in [3.63, 3.8) is 0 Å². The van der Waals surface area contributed by atoms with Gasteiger partial charge in [0.1, 0.15) is 0 Å². The monoisotopic (exact) mass is 364 g/mol. The van der Waals surface area contributed by atoms with Crippen LogP contribution >= 0.6 is 11.3 Å². The van der Waals surface area contributed by atoms with E-state index < -0.39 is 11.9 Å². The van der Waals surface area contributed by atoms with Gasteiger partial charge in [-0.25, -0.2) is 4.79 Å². The zero-order valence-electron chi connectivity index (χ0n) is 13.3. The van der Waals surface area contributed by atoms with E-state index in [1.165, 1.54) is 23.5 Å². The number of aromatic nitrogens is 1. The molecular formula is C19H12N2O4S. The molecule has 0 unspecified atom stereocenters. The lowest BCUT2D eigenvalue weighted by atomic mass is 10.1. The molecule has 2 heterocycles. The number of benzene rings is 2. The summed E-state index contributed by atoms with van der Waals surface area (Å²) in [5, 5.41) is 15.2. The Kier molecular flexibility index (Phi) is 3.78. The van der Waals surface area contributed by atoms with Crippen molar-refractivity contribution < 1.29 is 14.7 Å². The number of carboxylic acids is 1. The summed E-state index contributed by atoms with van der Waals surface area (Å²) < 4.78 is 0.868. The highest BCUT2D eigenvalue weighted by Crippen LogP contribution is 2.27. The van der Waals surface area contributed by atoms with Crippen molar-refractivity contribution in [3.05, 3.63) is 75.4 Å². The number of pyridine rings is 1. The number of carbonyl (C=O) groups is 2. The molecule has 6 nitrogen and oxygen atoms in total. The van der Waals surface area contributed by atoms with Crippen LogP contribution in [0.2, 0.25) is 0 Å². The minimum atomic E-state index is -1.12. The molecule has 2 aromatic carbocycles. The minimum Gasteiger partial charge on any atom is -0.478 e. The van der Waals surface area contributed by atoms with Crippen LogP contribution in [0.25, 0.3) is 21.0 Å². The van der Waals surface area contributed by atoms with Crippen LogP contribution in [0, 0.1) is 0 Å². The molecule has 0 spiro atoms. The number of hydrogen-bond acceptors (Lipinski definition) is 4. The molecule has 3 N–H and O–H groups in total. The van der Waals surface area contributed by atoms with Crippen LogP contribution in [0.3, 0.4) is 0 Å². The second kappa shape index (κ2) is 6.12. The molecule has 1 amide bonds. The molecule has 0 aliphatic heterocycles. The zero-order chi connectivity index (χ0) is 18.3. The third kappa shape index (κ3) is 2.64. The summed E-state index contributed by atoms with van der Waals surface area (Å²) in [7, 11) is 0. The fourth-order valence-electron chi connectivity index (χ4n) is 2.85. The number of H-pyrrole nitrogens is 1. The number of carbonyl (C=O) groups excluding carboxylic acids is 1. The fraction of sp³-hybridized carbons (Fsp3) is 0. The maximum Gasteiger partial charge on any atom is 0.337 e. The van der Waals surface area contributed by atoms with Crippen molar-refractivity contribution in [1.82, 2.24) is 4.98 Å². The first-order valence-corrected chi connectivity index (χ1v) is 8.59. The second-order valence-electron chi connectivity index (χ2n) is 5.68. The Morgan fingerprint density at radius 1 is 1.04 bits per heavy atom. The molecular weight excluding hydrogens is 352 g/mol. The number of anilines is 1. The van der Waals surface area contributed by atoms with Crippen molar-refractivity contribution >= 4 is 49.9 Å². The lowest BCUT2D eigenvalue weighted by molar-refractivity contribution is 0.0698. The number of fused-ring (bicyclic) bond motifs is 3. The molecule has 0 fully saturated rings. The molecule has 128 valence electrons. The van der Waals surface area contributed by atoms with Crippen LogP contribution in [0.4, 0.5) is 5.69 Å². The van der Waals surface area contributed by atoms with Crippen molar-refractivity contribution in [1.29, 1.82) is 0 Å². The van der Waals surface area contributed by atoms with Gasteiger partial charge in [-0.2, -0.15) is 0 Å². The zero-order valence-corrected chi connectivity index (χ0v) is 14.1. The topological polar surface area (TPSA) is 99.3 Å². The summed E-state index contributed by atoms with van der Waals surface area (Å²) in [5.41, 5.74) is 0.901. The van der Waals surface area contributed by atoms with Gasteiger partial charge in [0, 0.05) is 15.6 Å². The quantitative estimate of drug-likeness (QED) is 0.516. The summed E-state index contributed by atoms with van der Waals surface area (Å²) in [6.45, 7) is 0. The lowest BCUT2D eigenvalue weighted by Gasteiger charge is -2.09. The van der Waals surface area contributed by atoms with Gasteiger partial charge < -0.3 is 15.4 Å². The molecule has 0 aliphatic carbocycles. The lowest BCUT2D eigenvalue weighted by Crippen LogP contribution is -2.15. The Morgan fingerprint density at radius 3 is 2.65 bits per heavy atom. The second-order valence-corrected chi connectivity index (χ2v) is 6.60. The molecule has 7 heteroatoms. The standard InChI is InChI=1S/C19H12N2O4S/c22-17(20-14-4-2-1-3-12(14)19(24)25)10-5-6-11-15(9-10)21-18(23)13-7-8-26-16(11)13/h1-9H,(H,20,22)(H,21,23)(H,24,25). The van der Waals surface area contributed by atoms with Gasteiger partial charge in [-0.1, -0.05) is 18.2 Å². The summed E-state index contributed by atoms with van der Waals surface area (Å²) in [6.07, 6.45) is 0. The minimum absolute atomic E-state index is 0.00957. The van der Waals surface area contributed by atoms with Crippen LogP contribution < -0.4 is 10.9 Å². The SMILES string of the molecule is O=C(Nc1ccccc1C(=O)O)c1ccc2c(c1)[nH]c(=O)c1ccsc12. The smallest absolute Gasteiger partial charge is 0.337 e. The van der Waals surface area contributed by atoms with Crippen LogP contribution in [0.1, 0.15) is 20.7 Å². The van der Waals surface area contributed by atoms with E-state index in [1.807, 2.05) is 5.38 Å². The van der Waals surface area contributed by atoms with Crippen molar-refractivity contribution in [2.75, 3.05) is 5.32 Å². The molecule has 4 aromatic rings. The fourth-order valence-corrected chi connectivity index (χ4v) is 3.78. The van der Waals surface area contributed by atoms with E-state index >= 15 is 0 Å². The van der Waals surface area contributed by atoms with Gasteiger partial charge in [-0.05, 0) is 35.7 Å². The van der Waals surface area contributed by atoms with E-state index in [0.717, 1.165) is 10.1 Å². The number of carboxylic acid groups (broad SMARTS) is 1. The number of para-hydroxylation sites is 1. The summed E-state index contributed by atoms with van der Waals surface area (Å²) in [5.74, 6) is -1.57. The predicted octanol–water partition coefficient (Wildman–Crippen LogP) is 3.69. The van der Waals surface area contributed by atoms with E-state index in [-0.39, 0.29) is 16.8 Å². The van der Waals surface area contributed by atoms with Gasteiger partial charge in [-0.3, -0.25) is 9.59 Å². The van der Waals surface area contributed by atoms with Gasteiger partial charge in [0.05, 0.1) is 22.2 Å². The van der Waals surface area contributed by atoms with Crippen molar-refractivity contribution in [3.8, 4) is 0 Å². The van der Waals surface area contributed by atoms with E-state index in [9.17, 15) is 19.5 Å². The number of rotatable bonds is 3. The molecule has 0 saturated carbocycles. The Morgan fingerprint density at radius 2 is 1.85 bits per heavy atom. The molecule has 2 aromatic heterocycles. The molecule has 0 atom stereocenters. The molecule has 0 saturated heterocycles. The maximum atomic E-state index is 12.5. The van der Waals surface area contributed by atoms with E-state index in [0.29, 0.717) is 16.5 Å². The summed E-state index contributed by atoms with van der Waals surface area (Å²) in [6, 6.07) is 13.0. The first kappa shape index (κ1) is 16.0. The number of amides is 1. The van der Waals surface area contributed by atoms with Gasteiger partial charge in [0.25, 0.3) is 11.5 Å². The third-order valence-corrected chi connectivity index (χ3v) is 5.04. The van der Waals surface area contributed by atoms with Gasteiger partial charge in [0.15, 0.2) is 0 Å². The van der Waals surface area contributed by atoms with E-state index in [1.54, 1.807) is 36.4 Å². The predicted molar refractivity (Wildman–Crippen MR) is 101 cm³/mol. The molecule has 4 rings (SSSR count). The van der Waals surface area contributed by atoms with E-state index in [2.05, 4.69) is 10.3 Å². The Balaban J connectivity index is 1.75. The van der Waals surface area contributed by atoms with E-state index in [4.69, 9.17) is 0 Å². The summed E-state index contributed by atoms with van der Waals surface area (Å²) >= 11 is 1.47. The number of thiophene rings is 1. The Hall–Kier alpha value is -3.45. The highest BCUT2D eigenvalue weighted by Gasteiger charge is 2.14. The highest BCUT2D eigenvalue weighted by atomic mass is 32.1. The Labute approximate surface area is 150 Å². The van der Waals surface area contributed by atoms with Crippen LogP contribution in [-0.4, -0.2) is 22.0 Å². The van der Waals surface area contributed by atoms with Crippen LogP contribution in [0.15, 0.2) is 58.7 Å². The number of hydrogen-bond donors (Lipinski definition) is 3. The largest absolute Gasteiger partial charge is 0.478 e. The number of aromatic carboxylic acids is 1. The normalized spacial score (nSPS) is 10.9. The van der Waals surface area contributed by atoms with Crippen molar-refractivity contribution in [2.24, 2.45) is 0 Å². The third-order valence-electron chi connectivity index (χ3n) is 4.09.